The monoisotopic (exact) mass is 317 g/mol. The van der Waals surface area contributed by atoms with Gasteiger partial charge < -0.3 is 11.5 Å². The molecule has 0 saturated carbocycles. The van der Waals surface area contributed by atoms with Gasteiger partial charge in [0.1, 0.15) is 0 Å². The van der Waals surface area contributed by atoms with Crippen LogP contribution in [0.1, 0.15) is 19.3 Å². The van der Waals surface area contributed by atoms with Crippen LogP contribution in [0.3, 0.4) is 0 Å². The number of carbonyl (C=O) groups is 1. The number of rotatable bonds is 7. The Kier molecular flexibility index (Phi) is 4.26. The van der Waals surface area contributed by atoms with Crippen molar-refractivity contribution < 1.29 is 13.2 Å². The fourth-order valence-electron chi connectivity index (χ4n) is 1.75. The summed E-state index contributed by atoms with van der Waals surface area (Å²) in [6, 6.07) is 0. The van der Waals surface area contributed by atoms with Gasteiger partial charge in [-0.1, -0.05) is 0 Å². The van der Waals surface area contributed by atoms with Gasteiger partial charge in [0, 0.05) is 24.5 Å². The van der Waals surface area contributed by atoms with Crippen molar-refractivity contribution in [3.8, 4) is 0 Å². The zero-order valence-electron chi connectivity index (χ0n) is 10.6. The molecular weight excluding hydrogens is 302 g/mol. The Hall–Kier alpha value is -1.65. The Labute approximate surface area is 119 Å². The van der Waals surface area contributed by atoms with E-state index >= 15 is 0 Å². The lowest BCUT2D eigenvalue weighted by atomic mass is 10.2. The van der Waals surface area contributed by atoms with E-state index in [1.807, 2.05) is 0 Å². The molecule has 0 bridgehead atoms. The predicted octanol–water partition coefficient (Wildman–Crippen LogP) is -0.0881. The summed E-state index contributed by atoms with van der Waals surface area (Å²) >= 11 is 1.30. The summed E-state index contributed by atoms with van der Waals surface area (Å²) in [4.78, 5) is 15.1. The average Bonchev–Trinajstić information content (AvgIpc) is 2.86. The highest BCUT2D eigenvalue weighted by Crippen LogP contribution is 2.22. The molecule has 0 radical (unpaired) electrons. The molecule has 0 atom stereocenters. The summed E-state index contributed by atoms with van der Waals surface area (Å²) in [5, 5.41) is 1.68. The lowest BCUT2D eigenvalue weighted by Crippen LogP contribution is -2.26. The van der Waals surface area contributed by atoms with Crippen molar-refractivity contribution in [2.75, 3.05) is 12.3 Å². The molecule has 1 amide bonds. The highest BCUT2D eigenvalue weighted by molar-refractivity contribution is 7.89. The molecule has 0 saturated heterocycles. The maximum atomic E-state index is 12.2. The third-order valence-electron chi connectivity index (χ3n) is 2.64. The molecule has 0 aromatic carbocycles. The minimum Gasteiger partial charge on any atom is -0.381 e. The Bertz CT molecular complexity index is 718. The van der Waals surface area contributed by atoms with Crippen LogP contribution in [-0.2, 0) is 14.8 Å². The van der Waals surface area contributed by atoms with Gasteiger partial charge in [-0.15, -0.1) is 11.3 Å². The largest absolute Gasteiger partial charge is 0.381 e. The van der Waals surface area contributed by atoms with E-state index in [9.17, 15) is 13.2 Å². The molecule has 2 heterocycles. The number of sulfonamides is 1. The van der Waals surface area contributed by atoms with Crippen LogP contribution in [-0.4, -0.2) is 30.3 Å². The molecule has 0 aliphatic heterocycles. The second-order valence-corrected chi connectivity index (χ2v) is 6.73. The van der Waals surface area contributed by atoms with E-state index in [0.717, 1.165) is 0 Å². The molecule has 0 unspecified atom stereocenters. The van der Waals surface area contributed by atoms with Crippen molar-refractivity contribution in [1.82, 2.24) is 14.1 Å². The van der Waals surface area contributed by atoms with Crippen molar-refractivity contribution in [3.63, 3.8) is 0 Å². The average molecular weight is 317 g/mol. The minimum atomic E-state index is -3.73. The summed E-state index contributed by atoms with van der Waals surface area (Å²) in [6.45, 7) is 0.215. The predicted molar refractivity (Wildman–Crippen MR) is 75.7 cm³/mol. The van der Waals surface area contributed by atoms with Crippen molar-refractivity contribution in [2.45, 2.75) is 24.3 Å². The number of nitrogens with two attached hydrogens (primary N) is 2. The molecule has 8 nitrogen and oxygen atoms in total. The van der Waals surface area contributed by atoms with Crippen molar-refractivity contribution in [3.05, 3.63) is 11.6 Å². The Balaban J connectivity index is 2.05. The third-order valence-corrected chi connectivity index (χ3v) is 4.90. The molecule has 2 rings (SSSR count). The van der Waals surface area contributed by atoms with E-state index in [4.69, 9.17) is 11.5 Å². The maximum absolute atomic E-state index is 12.2. The first kappa shape index (κ1) is 14.8. The molecule has 110 valence electrons. The molecule has 0 spiro atoms. The highest BCUT2D eigenvalue weighted by atomic mass is 32.2. The summed E-state index contributed by atoms with van der Waals surface area (Å²) in [7, 11) is -3.73. The number of nitrogen functional groups attached to an aromatic ring is 1. The molecule has 2 aromatic heterocycles. The quantitative estimate of drug-likeness (QED) is 0.614. The third kappa shape index (κ3) is 3.08. The van der Waals surface area contributed by atoms with Gasteiger partial charge in [0.05, 0.1) is 0 Å². The molecule has 20 heavy (non-hydrogen) atoms. The molecule has 10 heteroatoms. The molecule has 0 aliphatic carbocycles. The SMILES string of the molecule is NC(=O)CCCCNS(=O)(=O)c1c(N)nc2sccn12. The topological polar surface area (TPSA) is 133 Å². The number of hydrogen-bond donors (Lipinski definition) is 3. The summed E-state index contributed by atoms with van der Waals surface area (Å²) in [5.74, 6) is -0.422. The Morgan fingerprint density at radius 2 is 2.20 bits per heavy atom. The van der Waals surface area contributed by atoms with Gasteiger partial charge in [-0.3, -0.25) is 9.20 Å². The number of nitrogens with zero attached hydrogens (tertiary/aromatic N) is 2. The number of amides is 1. The van der Waals surface area contributed by atoms with E-state index in [1.165, 1.54) is 15.7 Å². The number of hydrogen-bond acceptors (Lipinski definition) is 6. The van der Waals surface area contributed by atoms with Crippen LogP contribution in [0, 0.1) is 0 Å². The lowest BCUT2D eigenvalue weighted by molar-refractivity contribution is -0.118. The molecule has 0 fully saturated rings. The number of primary amides is 1. The fourth-order valence-corrected chi connectivity index (χ4v) is 3.80. The number of fused-ring (bicyclic) bond motifs is 1. The first-order valence-electron chi connectivity index (χ1n) is 5.91. The van der Waals surface area contributed by atoms with Gasteiger partial charge >= 0.3 is 0 Å². The summed E-state index contributed by atoms with van der Waals surface area (Å²) < 4.78 is 28.2. The van der Waals surface area contributed by atoms with E-state index in [2.05, 4.69) is 9.71 Å². The first-order chi connectivity index (χ1) is 9.42. The molecule has 0 aliphatic rings. The Morgan fingerprint density at radius 3 is 2.90 bits per heavy atom. The zero-order valence-corrected chi connectivity index (χ0v) is 12.2. The second-order valence-electron chi connectivity index (χ2n) is 4.18. The standard InChI is InChI=1S/C10H15N5O3S2/c11-7(16)3-1-2-4-13-20(17,18)9-8(12)14-10-15(9)5-6-19-10/h5-6,13H,1-4,12H2,(H2,11,16). The van der Waals surface area contributed by atoms with Crippen LogP contribution in [0.4, 0.5) is 5.82 Å². The number of unbranched alkanes of at least 4 members (excludes halogenated alkanes) is 1. The first-order valence-corrected chi connectivity index (χ1v) is 8.27. The van der Waals surface area contributed by atoms with Crippen LogP contribution in [0.15, 0.2) is 16.6 Å². The molecule has 2 aromatic rings. The molecular formula is C10H15N5O3S2. The van der Waals surface area contributed by atoms with Crippen molar-refractivity contribution in [2.24, 2.45) is 5.73 Å². The van der Waals surface area contributed by atoms with Gasteiger partial charge in [-0.25, -0.2) is 18.1 Å². The number of thiazole rings is 1. The highest BCUT2D eigenvalue weighted by Gasteiger charge is 2.23. The number of imidazole rings is 1. The fraction of sp³-hybridized carbons (Fsp3) is 0.400. The second kappa shape index (κ2) is 5.77. The Morgan fingerprint density at radius 1 is 1.45 bits per heavy atom. The minimum absolute atomic E-state index is 0.0264. The van der Waals surface area contributed by atoms with Gasteiger partial charge in [0.25, 0.3) is 10.0 Å². The van der Waals surface area contributed by atoms with Gasteiger partial charge in [-0.2, -0.15) is 0 Å². The van der Waals surface area contributed by atoms with Gasteiger partial charge in [0.2, 0.25) is 5.91 Å². The van der Waals surface area contributed by atoms with Crippen LogP contribution in [0.5, 0.6) is 0 Å². The van der Waals surface area contributed by atoms with Crippen molar-refractivity contribution >= 4 is 38.0 Å². The van der Waals surface area contributed by atoms with E-state index in [-0.39, 0.29) is 23.8 Å². The lowest BCUT2D eigenvalue weighted by Gasteiger charge is -2.06. The van der Waals surface area contributed by atoms with Crippen LogP contribution in [0.2, 0.25) is 0 Å². The number of anilines is 1. The summed E-state index contributed by atoms with van der Waals surface area (Å²) in [5.41, 5.74) is 10.7. The smallest absolute Gasteiger partial charge is 0.260 e. The van der Waals surface area contributed by atoms with E-state index in [0.29, 0.717) is 17.8 Å². The molecule has 5 N–H and O–H groups in total. The van der Waals surface area contributed by atoms with Gasteiger partial charge in [0.15, 0.2) is 15.8 Å². The van der Waals surface area contributed by atoms with Crippen LogP contribution < -0.4 is 16.2 Å². The van der Waals surface area contributed by atoms with E-state index in [1.54, 1.807) is 11.6 Å². The number of nitrogens with one attached hydrogen (secondary N) is 1. The normalized spacial score (nSPS) is 12.0. The maximum Gasteiger partial charge on any atom is 0.260 e. The number of aromatic nitrogens is 2. The summed E-state index contributed by atoms with van der Waals surface area (Å²) in [6.07, 6.45) is 2.90. The zero-order chi connectivity index (χ0) is 14.8. The van der Waals surface area contributed by atoms with Crippen molar-refractivity contribution in [1.29, 1.82) is 0 Å². The van der Waals surface area contributed by atoms with Gasteiger partial charge in [-0.05, 0) is 12.8 Å². The van der Waals surface area contributed by atoms with Crippen LogP contribution >= 0.6 is 11.3 Å². The van der Waals surface area contributed by atoms with E-state index < -0.39 is 15.9 Å². The van der Waals surface area contributed by atoms with Crippen LogP contribution in [0.25, 0.3) is 4.96 Å². The number of carbonyl (C=O) groups excluding carboxylic acids is 1.